The van der Waals surface area contributed by atoms with Gasteiger partial charge in [0, 0.05) is 31.7 Å². The van der Waals surface area contributed by atoms with Crippen LogP contribution in [0.3, 0.4) is 0 Å². The van der Waals surface area contributed by atoms with E-state index in [2.05, 4.69) is 4.90 Å². The van der Waals surface area contributed by atoms with Crippen molar-refractivity contribution in [1.29, 1.82) is 0 Å². The molecule has 198 valence electrons. The van der Waals surface area contributed by atoms with Crippen LogP contribution in [0.1, 0.15) is 24.1 Å². The number of amides is 1. The molecule has 2 aliphatic rings. The Morgan fingerprint density at radius 2 is 1.74 bits per heavy atom. The number of carbonyl (C=O) groups is 2. The number of ether oxygens (including phenoxy) is 3. The minimum atomic E-state index is -0.733. The van der Waals surface area contributed by atoms with E-state index in [-0.39, 0.29) is 11.3 Å². The lowest BCUT2D eigenvalue weighted by Crippen LogP contribution is -2.42. The third kappa shape index (κ3) is 5.10. The molecule has 5 rings (SSSR count). The number of Topliss-reactive ketones (excluding diaryl/α,β-unsaturated/α-hetero) is 1. The molecule has 8 nitrogen and oxygen atoms in total. The zero-order chi connectivity index (χ0) is 26.6. The Kier molecular flexibility index (Phi) is 7.62. The summed E-state index contributed by atoms with van der Waals surface area (Å²) in [5.41, 5.74) is 1.27. The number of morpholine rings is 1. The van der Waals surface area contributed by atoms with E-state index in [9.17, 15) is 14.7 Å². The molecule has 0 aromatic heterocycles. The number of fused-ring (bicyclic) bond motifs is 1. The molecule has 3 aromatic rings. The van der Waals surface area contributed by atoms with Crippen LogP contribution in [0.4, 0.5) is 0 Å². The lowest BCUT2D eigenvalue weighted by atomic mass is 9.94. The first kappa shape index (κ1) is 25.8. The van der Waals surface area contributed by atoms with Crippen LogP contribution in [0, 0.1) is 0 Å². The Morgan fingerprint density at radius 3 is 2.50 bits per heavy atom. The quantitative estimate of drug-likeness (QED) is 0.275. The molecule has 2 fully saturated rings. The summed E-state index contributed by atoms with van der Waals surface area (Å²) in [7, 11) is 1.61. The number of nitrogens with zero attached hydrogens (tertiary/aromatic N) is 2. The van der Waals surface area contributed by atoms with Crippen LogP contribution in [0.5, 0.6) is 11.5 Å². The zero-order valence-corrected chi connectivity index (χ0v) is 21.7. The molecule has 8 heteroatoms. The molecule has 1 amide bonds. The second kappa shape index (κ2) is 11.2. The number of aliphatic hydroxyl groups is 1. The molecule has 0 saturated carbocycles. The number of rotatable bonds is 8. The van der Waals surface area contributed by atoms with Crippen molar-refractivity contribution in [3.05, 3.63) is 77.4 Å². The first-order valence-corrected chi connectivity index (χ1v) is 12.9. The largest absolute Gasteiger partial charge is 0.507 e. The van der Waals surface area contributed by atoms with Gasteiger partial charge in [0.1, 0.15) is 17.3 Å². The fourth-order valence-corrected chi connectivity index (χ4v) is 5.13. The summed E-state index contributed by atoms with van der Waals surface area (Å²) >= 11 is 0. The van der Waals surface area contributed by atoms with Gasteiger partial charge in [0.25, 0.3) is 11.7 Å². The maximum atomic E-state index is 13.4. The highest BCUT2D eigenvalue weighted by Crippen LogP contribution is 2.40. The van der Waals surface area contributed by atoms with Crippen molar-refractivity contribution >= 4 is 28.2 Å². The second-order valence-corrected chi connectivity index (χ2v) is 9.38. The molecular weight excluding hydrogens is 484 g/mol. The molecule has 1 atom stereocenters. The van der Waals surface area contributed by atoms with Gasteiger partial charge in [0.2, 0.25) is 0 Å². The summed E-state index contributed by atoms with van der Waals surface area (Å²) in [5.74, 6) is -0.122. The van der Waals surface area contributed by atoms with E-state index in [1.165, 1.54) is 0 Å². The standard InChI is InChI=1S/C30H32N2O6/c1-3-38-25-6-4-5-22(19-25)27-26(29(34)30(35)32(27)12-11-31-13-15-37-16-14-31)28(33)23-8-7-21-18-24(36-2)10-9-20(21)17-23/h4-10,17-19,27,33H,3,11-16H2,1-2H3/b28-26+. The lowest BCUT2D eigenvalue weighted by molar-refractivity contribution is -0.140. The van der Waals surface area contributed by atoms with Crippen molar-refractivity contribution < 1.29 is 28.9 Å². The highest BCUT2D eigenvalue weighted by molar-refractivity contribution is 6.46. The van der Waals surface area contributed by atoms with Gasteiger partial charge in [0.05, 0.1) is 38.5 Å². The molecule has 0 radical (unpaired) electrons. The van der Waals surface area contributed by atoms with Gasteiger partial charge in [-0.1, -0.05) is 30.3 Å². The normalized spacial score (nSPS) is 19.7. The van der Waals surface area contributed by atoms with E-state index >= 15 is 0 Å². The minimum absolute atomic E-state index is 0.0819. The van der Waals surface area contributed by atoms with Crippen LogP contribution in [-0.2, 0) is 14.3 Å². The van der Waals surface area contributed by atoms with Gasteiger partial charge in [0.15, 0.2) is 0 Å². The number of ketones is 1. The summed E-state index contributed by atoms with van der Waals surface area (Å²) in [6.45, 7) is 6.18. The van der Waals surface area contributed by atoms with Gasteiger partial charge >= 0.3 is 0 Å². The number of likely N-dealkylation sites (tertiary alicyclic amines) is 1. The fraction of sp³-hybridized carbons (Fsp3) is 0.333. The summed E-state index contributed by atoms with van der Waals surface area (Å²) < 4.78 is 16.4. The molecule has 38 heavy (non-hydrogen) atoms. The molecular formula is C30H32N2O6. The first-order chi connectivity index (χ1) is 18.5. The van der Waals surface area contributed by atoms with Gasteiger partial charge in [-0.15, -0.1) is 0 Å². The Bertz CT molecular complexity index is 1380. The van der Waals surface area contributed by atoms with Crippen molar-refractivity contribution in [2.45, 2.75) is 13.0 Å². The number of carbonyl (C=O) groups excluding carboxylic acids is 2. The zero-order valence-electron chi connectivity index (χ0n) is 21.7. The van der Waals surface area contributed by atoms with E-state index in [1.807, 2.05) is 61.5 Å². The highest BCUT2D eigenvalue weighted by atomic mass is 16.5. The summed E-state index contributed by atoms with van der Waals surface area (Å²) in [6.07, 6.45) is 0. The highest BCUT2D eigenvalue weighted by Gasteiger charge is 2.46. The minimum Gasteiger partial charge on any atom is -0.507 e. The predicted molar refractivity (Wildman–Crippen MR) is 144 cm³/mol. The maximum absolute atomic E-state index is 13.4. The number of hydrogen-bond donors (Lipinski definition) is 1. The topological polar surface area (TPSA) is 88.5 Å². The van der Waals surface area contributed by atoms with E-state index in [0.29, 0.717) is 49.8 Å². The number of benzene rings is 3. The molecule has 2 saturated heterocycles. The maximum Gasteiger partial charge on any atom is 0.295 e. The molecule has 2 aliphatic heterocycles. The van der Waals surface area contributed by atoms with Crippen LogP contribution in [-0.4, -0.2) is 79.7 Å². The molecule has 1 N–H and O–H groups in total. The van der Waals surface area contributed by atoms with Crippen molar-refractivity contribution in [3.63, 3.8) is 0 Å². The SMILES string of the molecule is CCOc1cccc(C2/C(=C(\O)c3ccc4cc(OC)ccc4c3)C(=O)C(=O)N2CCN2CCOCC2)c1. The average molecular weight is 517 g/mol. The number of methoxy groups -OCH3 is 1. The summed E-state index contributed by atoms with van der Waals surface area (Å²) in [4.78, 5) is 30.6. The van der Waals surface area contributed by atoms with Crippen LogP contribution in [0.15, 0.2) is 66.2 Å². The Hall–Kier alpha value is -3.88. The number of aliphatic hydroxyl groups excluding tert-OH is 1. The van der Waals surface area contributed by atoms with Gasteiger partial charge in [-0.25, -0.2) is 0 Å². The molecule has 0 spiro atoms. The monoisotopic (exact) mass is 516 g/mol. The smallest absolute Gasteiger partial charge is 0.295 e. The van der Waals surface area contributed by atoms with Crippen molar-refractivity contribution in [1.82, 2.24) is 9.80 Å². The Morgan fingerprint density at radius 1 is 0.974 bits per heavy atom. The van der Waals surface area contributed by atoms with Crippen LogP contribution < -0.4 is 9.47 Å². The summed E-state index contributed by atoms with van der Waals surface area (Å²) in [6, 6.07) is 17.7. The molecule has 2 heterocycles. The fourth-order valence-electron chi connectivity index (χ4n) is 5.13. The summed E-state index contributed by atoms with van der Waals surface area (Å²) in [5, 5.41) is 13.3. The lowest BCUT2D eigenvalue weighted by Gasteiger charge is -2.31. The predicted octanol–water partition coefficient (Wildman–Crippen LogP) is 4.00. The molecule has 3 aromatic carbocycles. The molecule has 0 aliphatic carbocycles. The molecule has 0 bridgehead atoms. The Balaban J connectivity index is 1.56. The first-order valence-electron chi connectivity index (χ1n) is 12.9. The van der Waals surface area contributed by atoms with E-state index in [4.69, 9.17) is 14.2 Å². The average Bonchev–Trinajstić information content (AvgIpc) is 3.21. The van der Waals surface area contributed by atoms with Gasteiger partial charge < -0.3 is 24.2 Å². The van der Waals surface area contributed by atoms with E-state index in [0.717, 1.165) is 29.6 Å². The van der Waals surface area contributed by atoms with Crippen LogP contribution in [0.25, 0.3) is 16.5 Å². The number of hydrogen-bond acceptors (Lipinski definition) is 7. The van der Waals surface area contributed by atoms with Crippen molar-refractivity contribution in [3.8, 4) is 11.5 Å². The van der Waals surface area contributed by atoms with Gasteiger partial charge in [-0.2, -0.15) is 0 Å². The van der Waals surface area contributed by atoms with Gasteiger partial charge in [-0.05, 0) is 53.6 Å². The van der Waals surface area contributed by atoms with Crippen molar-refractivity contribution in [2.24, 2.45) is 0 Å². The Labute approximate surface area is 222 Å². The van der Waals surface area contributed by atoms with E-state index in [1.54, 1.807) is 18.1 Å². The third-order valence-corrected chi connectivity index (χ3v) is 7.11. The van der Waals surface area contributed by atoms with Crippen LogP contribution in [0.2, 0.25) is 0 Å². The second-order valence-electron chi connectivity index (χ2n) is 9.38. The van der Waals surface area contributed by atoms with Gasteiger partial charge in [-0.3, -0.25) is 14.5 Å². The van der Waals surface area contributed by atoms with Crippen molar-refractivity contribution in [2.75, 3.05) is 53.1 Å². The van der Waals surface area contributed by atoms with E-state index < -0.39 is 17.7 Å². The third-order valence-electron chi connectivity index (χ3n) is 7.11. The van der Waals surface area contributed by atoms with Crippen LogP contribution >= 0.6 is 0 Å². The molecule has 1 unspecified atom stereocenters.